The van der Waals surface area contributed by atoms with Crippen molar-refractivity contribution in [2.75, 3.05) is 13.2 Å². The van der Waals surface area contributed by atoms with Crippen LogP contribution in [0.2, 0.25) is 0 Å². The van der Waals surface area contributed by atoms with Crippen LogP contribution in [0, 0.1) is 5.82 Å². The fourth-order valence-electron chi connectivity index (χ4n) is 1.45. The van der Waals surface area contributed by atoms with Crippen molar-refractivity contribution in [3.63, 3.8) is 0 Å². The summed E-state index contributed by atoms with van der Waals surface area (Å²) in [5.41, 5.74) is 0.569. The molecule has 100 valence electrons. The summed E-state index contributed by atoms with van der Waals surface area (Å²) in [7, 11) is 0. The highest BCUT2D eigenvalue weighted by atomic mass is 19.1. The predicted molar refractivity (Wildman–Crippen MR) is 66.0 cm³/mol. The maximum atomic E-state index is 13.6. The van der Waals surface area contributed by atoms with Gasteiger partial charge in [-0.2, -0.15) is 0 Å². The summed E-state index contributed by atoms with van der Waals surface area (Å²) >= 11 is 0. The van der Waals surface area contributed by atoms with Crippen LogP contribution < -0.4 is 10.1 Å². The molecule has 0 saturated carbocycles. The molecule has 1 amide bonds. The summed E-state index contributed by atoms with van der Waals surface area (Å²) in [6.07, 6.45) is -0.0167. The molecule has 0 heterocycles. The number of nitrogens with one attached hydrogen (secondary N) is 1. The Morgan fingerprint density at radius 2 is 2.22 bits per heavy atom. The van der Waals surface area contributed by atoms with E-state index in [4.69, 9.17) is 9.84 Å². The van der Waals surface area contributed by atoms with Crippen molar-refractivity contribution in [3.8, 4) is 5.75 Å². The number of aliphatic hydroxyl groups excluding tert-OH is 1. The number of hydrogen-bond acceptors (Lipinski definition) is 3. The van der Waals surface area contributed by atoms with Crippen LogP contribution in [0.5, 0.6) is 5.75 Å². The van der Waals surface area contributed by atoms with Crippen molar-refractivity contribution in [2.24, 2.45) is 0 Å². The quantitative estimate of drug-likeness (QED) is 0.804. The summed E-state index contributed by atoms with van der Waals surface area (Å²) in [6, 6.07) is 4.46. The van der Waals surface area contributed by atoms with Crippen molar-refractivity contribution >= 4 is 5.91 Å². The van der Waals surface area contributed by atoms with Crippen LogP contribution in [0.4, 0.5) is 4.39 Å². The van der Waals surface area contributed by atoms with E-state index in [9.17, 15) is 9.18 Å². The Kier molecular flexibility index (Phi) is 5.58. The Hall–Kier alpha value is -1.62. The number of rotatable bonds is 6. The lowest BCUT2D eigenvalue weighted by Gasteiger charge is -2.11. The molecule has 0 fully saturated rings. The Balaban J connectivity index is 2.63. The third-order valence-electron chi connectivity index (χ3n) is 2.16. The zero-order valence-electron chi connectivity index (χ0n) is 10.6. The molecule has 0 spiro atoms. The van der Waals surface area contributed by atoms with Gasteiger partial charge >= 0.3 is 0 Å². The number of carbonyl (C=O) groups is 1. The Morgan fingerprint density at radius 3 is 2.78 bits per heavy atom. The lowest BCUT2D eigenvalue weighted by atomic mass is 10.1. The molecule has 18 heavy (non-hydrogen) atoms. The number of benzene rings is 1. The monoisotopic (exact) mass is 255 g/mol. The fourth-order valence-corrected chi connectivity index (χ4v) is 1.45. The molecule has 1 rings (SSSR count). The highest BCUT2D eigenvalue weighted by Gasteiger charge is 2.09. The van der Waals surface area contributed by atoms with E-state index in [1.165, 1.54) is 12.1 Å². The summed E-state index contributed by atoms with van der Waals surface area (Å²) < 4.78 is 18.9. The van der Waals surface area contributed by atoms with Crippen LogP contribution in [0.1, 0.15) is 19.4 Å². The van der Waals surface area contributed by atoms with Crippen molar-refractivity contribution < 1.29 is 19.0 Å². The van der Waals surface area contributed by atoms with Crippen LogP contribution in [-0.2, 0) is 11.2 Å². The van der Waals surface area contributed by atoms with E-state index in [-0.39, 0.29) is 37.3 Å². The Morgan fingerprint density at radius 1 is 1.50 bits per heavy atom. The number of ether oxygens (including phenoxy) is 1. The smallest absolute Gasteiger partial charge is 0.224 e. The van der Waals surface area contributed by atoms with E-state index < -0.39 is 5.82 Å². The molecule has 0 unspecified atom stereocenters. The zero-order valence-corrected chi connectivity index (χ0v) is 10.6. The van der Waals surface area contributed by atoms with Crippen LogP contribution in [0.3, 0.4) is 0 Å². The summed E-state index contributed by atoms with van der Waals surface area (Å²) in [4.78, 5) is 11.4. The molecule has 0 aliphatic rings. The average Bonchev–Trinajstić information content (AvgIpc) is 2.29. The fraction of sp³-hybridized carbons (Fsp3) is 0.462. The Bertz CT molecular complexity index is 407. The molecule has 0 saturated heterocycles. The van der Waals surface area contributed by atoms with Crippen molar-refractivity contribution in [2.45, 2.75) is 26.4 Å². The molecule has 0 bridgehead atoms. The first-order chi connectivity index (χ1) is 8.52. The van der Waals surface area contributed by atoms with E-state index in [0.29, 0.717) is 5.56 Å². The molecule has 1 aromatic rings. The van der Waals surface area contributed by atoms with Gasteiger partial charge in [0.15, 0.2) is 11.6 Å². The molecule has 0 atom stereocenters. The SMILES string of the molecule is CC(C)Oc1ccc(CC(=O)NCCO)cc1F. The third-order valence-corrected chi connectivity index (χ3v) is 2.16. The van der Waals surface area contributed by atoms with Crippen molar-refractivity contribution in [1.29, 1.82) is 0 Å². The third kappa shape index (κ3) is 4.71. The second-order valence-corrected chi connectivity index (χ2v) is 4.18. The molecule has 1 aromatic carbocycles. The summed E-state index contributed by atoms with van der Waals surface area (Å²) in [6.45, 7) is 3.72. The van der Waals surface area contributed by atoms with Crippen LogP contribution in [-0.4, -0.2) is 30.3 Å². The zero-order chi connectivity index (χ0) is 13.5. The minimum atomic E-state index is -0.476. The van der Waals surface area contributed by atoms with E-state index in [1.807, 2.05) is 13.8 Å². The van der Waals surface area contributed by atoms with Gasteiger partial charge in [-0.3, -0.25) is 4.79 Å². The van der Waals surface area contributed by atoms with Gasteiger partial charge in [0.2, 0.25) is 5.91 Å². The molecular formula is C13H18FNO3. The minimum Gasteiger partial charge on any atom is -0.488 e. The molecular weight excluding hydrogens is 237 g/mol. The van der Waals surface area contributed by atoms with Gasteiger partial charge in [0.1, 0.15) is 0 Å². The highest BCUT2D eigenvalue weighted by molar-refractivity contribution is 5.78. The van der Waals surface area contributed by atoms with E-state index in [2.05, 4.69) is 5.32 Å². The average molecular weight is 255 g/mol. The topological polar surface area (TPSA) is 58.6 Å². The van der Waals surface area contributed by atoms with Crippen LogP contribution in [0.15, 0.2) is 18.2 Å². The minimum absolute atomic E-state index is 0.0822. The van der Waals surface area contributed by atoms with Gasteiger partial charge in [0.05, 0.1) is 19.1 Å². The van der Waals surface area contributed by atoms with Gasteiger partial charge in [-0.1, -0.05) is 6.07 Å². The normalized spacial score (nSPS) is 10.5. The van der Waals surface area contributed by atoms with Crippen LogP contribution in [0.25, 0.3) is 0 Å². The van der Waals surface area contributed by atoms with Gasteiger partial charge in [-0.05, 0) is 31.5 Å². The van der Waals surface area contributed by atoms with E-state index in [1.54, 1.807) is 6.07 Å². The largest absolute Gasteiger partial charge is 0.488 e. The van der Waals surface area contributed by atoms with Gasteiger partial charge in [0.25, 0.3) is 0 Å². The van der Waals surface area contributed by atoms with Gasteiger partial charge in [-0.15, -0.1) is 0 Å². The van der Waals surface area contributed by atoms with Gasteiger partial charge < -0.3 is 15.2 Å². The summed E-state index contributed by atoms with van der Waals surface area (Å²) in [5.74, 6) is -0.540. The lowest BCUT2D eigenvalue weighted by molar-refractivity contribution is -0.120. The van der Waals surface area contributed by atoms with Crippen molar-refractivity contribution in [1.82, 2.24) is 5.32 Å². The number of halogens is 1. The first-order valence-electron chi connectivity index (χ1n) is 5.85. The molecule has 4 nitrogen and oxygen atoms in total. The molecule has 0 radical (unpaired) electrons. The molecule has 5 heteroatoms. The standard InChI is InChI=1S/C13H18FNO3/c1-9(2)18-12-4-3-10(7-11(12)14)8-13(17)15-5-6-16/h3-4,7,9,16H,5-6,8H2,1-2H3,(H,15,17). The van der Waals surface area contributed by atoms with Gasteiger partial charge in [0, 0.05) is 6.54 Å². The molecule has 0 aliphatic carbocycles. The number of amides is 1. The molecule has 0 aliphatic heterocycles. The Labute approximate surface area is 106 Å². The second kappa shape index (κ2) is 6.96. The first-order valence-corrected chi connectivity index (χ1v) is 5.85. The summed E-state index contributed by atoms with van der Waals surface area (Å²) in [5, 5.41) is 11.1. The first kappa shape index (κ1) is 14.4. The van der Waals surface area contributed by atoms with Crippen molar-refractivity contribution in [3.05, 3.63) is 29.6 Å². The molecule has 0 aromatic heterocycles. The number of hydrogen-bond donors (Lipinski definition) is 2. The van der Waals surface area contributed by atoms with E-state index in [0.717, 1.165) is 0 Å². The highest BCUT2D eigenvalue weighted by Crippen LogP contribution is 2.19. The van der Waals surface area contributed by atoms with E-state index >= 15 is 0 Å². The van der Waals surface area contributed by atoms with Gasteiger partial charge in [-0.25, -0.2) is 4.39 Å². The molecule has 2 N–H and O–H groups in total. The maximum absolute atomic E-state index is 13.6. The lowest BCUT2D eigenvalue weighted by Crippen LogP contribution is -2.27. The maximum Gasteiger partial charge on any atom is 0.224 e. The number of aliphatic hydroxyl groups is 1. The predicted octanol–water partition coefficient (Wildman–Crippen LogP) is 1.26. The second-order valence-electron chi connectivity index (χ2n) is 4.18. The number of carbonyl (C=O) groups excluding carboxylic acids is 1. The van der Waals surface area contributed by atoms with Crippen LogP contribution >= 0.6 is 0 Å².